The Balaban J connectivity index is 1.89. The SMILES string of the molecule is CO[C@@H]1CN(C)C(=O)c2ccc(NC(C)=O)cc2OC[C@H](C)N(CC2CCCCC2)C[C@H]1C. The van der Waals surface area contributed by atoms with E-state index in [1.54, 1.807) is 37.3 Å². The first-order valence-corrected chi connectivity index (χ1v) is 12.3. The Bertz CT molecular complexity index is 809. The van der Waals surface area contributed by atoms with Gasteiger partial charge in [-0.2, -0.15) is 0 Å². The molecule has 0 radical (unpaired) electrons. The normalized spacial score (nSPS) is 26.0. The molecule has 33 heavy (non-hydrogen) atoms. The fourth-order valence-corrected chi connectivity index (χ4v) is 5.08. The Morgan fingerprint density at radius 1 is 1.18 bits per heavy atom. The van der Waals surface area contributed by atoms with Crippen molar-refractivity contribution >= 4 is 17.5 Å². The molecule has 7 heteroatoms. The molecule has 0 bridgehead atoms. The third-order valence-corrected chi connectivity index (χ3v) is 7.11. The predicted octanol–water partition coefficient (Wildman–Crippen LogP) is 4.03. The van der Waals surface area contributed by atoms with Crippen LogP contribution in [0, 0.1) is 11.8 Å². The van der Waals surface area contributed by atoms with Crippen molar-refractivity contribution in [2.45, 2.75) is 65.0 Å². The van der Waals surface area contributed by atoms with Crippen molar-refractivity contribution in [3.8, 4) is 5.75 Å². The van der Waals surface area contributed by atoms with E-state index >= 15 is 0 Å². The molecule has 0 saturated heterocycles. The molecule has 3 atom stereocenters. The van der Waals surface area contributed by atoms with Crippen LogP contribution < -0.4 is 10.1 Å². The van der Waals surface area contributed by atoms with Gasteiger partial charge in [0.1, 0.15) is 12.4 Å². The second-order valence-electron chi connectivity index (χ2n) is 9.95. The molecule has 7 nitrogen and oxygen atoms in total. The summed E-state index contributed by atoms with van der Waals surface area (Å²) < 4.78 is 12.1. The molecule has 1 fully saturated rings. The van der Waals surface area contributed by atoms with E-state index in [1.165, 1.54) is 39.0 Å². The Hall–Kier alpha value is -2.12. The number of amides is 2. The average Bonchev–Trinajstić information content (AvgIpc) is 2.79. The van der Waals surface area contributed by atoms with Crippen LogP contribution in [0.4, 0.5) is 5.69 Å². The molecule has 3 rings (SSSR count). The standard InChI is InChI=1S/C26H41N3O4/c1-18-14-29(15-21-9-7-6-8-10-21)19(2)17-33-24-13-22(27-20(3)30)11-12-23(24)26(31)28(4)16-25(18)32-5/h11-13,18-19,21,25H,6-10,14-17H2,1-5H3,(H,27,30)/t18-,19+,25-/m1/s1. The van der Waals surface area contributed by atoms with Crippen LogP contribution in [0.1, 0.15) is 63.2 Å². The first-order valence-electron chi connectivity index (χ1n) is 12.3. The smallest absolute Gasteiger partial charge is 0.257 e. The minimum atomic E-state index is -0.157. The van der Waals surface area contributed by atoms with E-state index in [0.717, 1.165) is 19.0 Å². The van der Waals surface area contributed by atoms with Crippen molar-refractivity contribution in [1.29, 1.82) is 0 Å². The van der Waals surface area contributed by atoms with Gasteiger partial charge in [-0.1, -0.05) is 26.2 Å². The van der Waals surface area contributed by atoms with Gasteiger partial charge >= 0.3 is 0 Å². The predicted molar refractivity (Wildman–Crippen MR) is 131 cm³/mol. The Morgan fingerprint density at radius 3 is 2.58 bits per heavy atom. The van der Waals surface area contributed by atoms with Crippen molar-refractivity contribution in [2.24, 2.45) is 11.8 Å². The third-order valence-electron chi connectivity index (χ3n) is 7.11. The summed E-state index contributed by atoms with van der Waals surface area (Å²) in [5.74, 6) is 1.24. The number of anilines is 1. The molecule has 0 unspecified atom stereocenters. The molecular weight excluding hydrogens is 418 g/mol. The number of ether oxygens (including phenoxy) is 2. The Labute approximate surface area is 198 Å². The zero-order valence-corrected chi connectivity index (χ0v) is 20.9. The summed E-state index contributed by atoms with van der Waals surface area (Å²) in [6.07, 6.45) is 6.55. The molecule has 2 amide bonds. The quantitative estimate of drug-likeness (QED) is 0.736. The zero-order valence-electron chi connectivity index (χ0n) is 20.9. The van der Waals surface area contributed by atoms with E-state index in [0.29, 0.717) is 30.2 Å². The summed E-state index contributed by atoms with van der Waals surface area (Å²) in [6.45, 7) is 8.84. The molecular formula is C26H41N3O4. The largest absolute Gasteiger partial charge is 0.491 e. The number of rotatable bonds is 4. The summed E-state index contributed by atoms with van der Waals surface area (Å²) in [5.41, 5.74) is 1.12. The molecule has 2 aliphatic rings. The van der Waals surface area contributed by atoms with Gasteiger partial charge in [-0.15, -0.1) is 0 Å². The molecule has 1 heterocycles. The van der Waals surface area contributed by atoms with Gasteiger partial charge < -0.3 is 19.7 Å². The molecule has 184 valence electrons. The van der Waals surface area contributed by atoms with Crippen LogP contribution in [0.25, 0.3) is 0 Å². The second-order valence-corrected chi connectivity index (χ2v) is 9.95. The van der Waals surface area contributed by atoms with Crippen LogP contribution >= 0.6 is 0 Å². The van der Waals surface area contributed by atoms with E-state index in [2.05, 4.69) is 24.1 Å². The summed E-state index contributed by atoms with van der Waals surface area (Å²) >= 11 is 0. The van der Waals surface area contributed by atoms with Gasteiger partial charge in [0.25, 0.3) is 5.91 Å². The fraction of sp³-hybridized carbons (Fsp3) is 0.692. The number of nitrogens with one attached hydrogen (secondary N) is 1. The molecule has 1 aliphatic heterocycles. The third kappa shape index (κ3) is 6.93. The number of carbonyl (C=O) groups excluding carboxylic acids is 2. The van der Waals surface area contributed by atoms with Crippen LogP contribution in [0.15, 0.2) is 18.2 Å². The van der Waals surface area contributed by atoms with Crippen molar-refractivity contribution in [3.05, 3.63) is 23.8 Å². The Kier molecular flexibility index (Phi) is 9.15. The van der Waals surface area contributed by atoms with Crippen LogP contribution in [-0.4, -0.2) is 74.2 Å². The summed E-state index contributed by atoms with van der Waals surface area (Å²) in [4.78, 5) is 29.1. The van der Waals surface area contributed by atoms with Crippen molar-refractivity contribution < 1.29 is 19.1 Å². The van der Waals surface area contributed by atoms with Gasteiger partial charge in [-0.05, 0) is 43.7 Å². The maximum absolute atomic E-state index is 13.3. The monoisotopic (exact) mass is 459 g/mol. The lowest BCUT2D eigenvalue weighted by molar-refractivity contribution is -0.114. The van der Waals surface area contributed by atoms with E-state index in [9.17, 15) is 9.59 Å². The molecule has 0 spiro atoms. The molecule has 1 saturated carbocycles. The molecule has 1 aromatic carbocycles. The van der Waals surface area contributed by atoms with Crippen LogP contribution in [0.5, 0.6) is 5.75 Å². The van der Waals surface area contributed by atoms with Gasteiger partial charge in [0.05, 0.1) is 11.7 Å². The van der Waals surface area contributed by atoms with Gasteiger partial charge in [0.15, 0.2) is 0 Å². The van der Waals surface area contributed by atoms with E-state index in [-0.39, 0.29) is 29.9 Å². The fourth-order valence-electron chi connectivity index (χ4n) is 5.08. The molecule has 0 aromatic heterocycles. The number of fused-ring (bicyclic) bond motifs is 1. The summed E-state index contributed by atoms with van der Waals surface area (Å²) in [7, 11) is 3.54. The van der Waals surface area contributed by atoms with Gasteiger partial charge in [-0.3, -0.25) is 14.5 Å². The average molecular weight is 460 g/mol. The molecule has 1 aliphatic carbocycles. The number of nitrogens with zero attached hydrogens (tertiary/aromatic N) is 2. The van der Waals surface area contributed by atoms with Crippen LogP contribution in [0.2, 0.25) is 0 Å². The highest BCUT2D eigenvalue weighted by molar-refractivity contribution is 5.98. The van der Waals surface area contributed by atoms with Crippen LogP contribution in [-0.2, 0) is 9.53 Å². The number of methoxy groups -OCH3 is 1. The maximum atomic E-state index is 13.3. The number of carbonyl (C=O) groups is 2. The first kappa shape index (κ1) is 25.5. The van der Waals surface area contributed by atoms with Crippen LogP contribution in [0.3, 0.4) is 0 Å². The van der Waals surface area contributed by atoms with Crippen molar-refractivity contribution in [1.82, 2.24) is 9.80 Å². The van der Waals surface area contributed by atoms with Gasteiger partial charge in [0.2, 0.25) is 5.91 Å². The zero-order chi connectivity index (χ0) is 24.0. The topological polar surface area (TPSA) is 71.1 Å². The minimum absolute atomic E-state index is 0.0533. The summed E-state index contributed by atoms with van der Waals surface area (Å²) in [5, 5.41) is 2.79. The highest BCUT2D eigenvalue weighted by Gasteiger charge is 2.29. The maximum Gasteiger partial charge on any atom is 0.257 e. The number of benzene rings is 1. The number of likely N-dealkylation sites (N-methyl/N-ethyl adjacent to an activating group) is 1. The first-order chi connectivity index (χ1) is 15.8. The lowest BCUT2D eigenvalue weighted by Crippen LogP contribution is -2.48. The molecule has 1 aromatic rings. The highest BCUT2D eigenvalue weighted by atomic mass is 16.5. The van der Waals surface area contributed by atoms with Crippen molar-refractivity contribution in [3.63, 3.8) is 0 Å². The lowest BCUT2D eigenvalue weighted by Gasteiger charge is -2.38. The van der Waals surface area contributed by atoms with E-state index in [4.69, 9.17) is 9.47 Å². The Morgan fingerprint density at radius 2 is 1.91 bits per heavy atom. The van der Waals surface area contributed by atoms with Crippen molar-refractivity contribution in [2.75, 3.05) is 45.7 Å². The number of hydrogen-bond acceptors (Lipinski definition) is 5. The highest BCUT2D eigenvalue weighted by Crippen LogP contribution is 2.29. The van der Waals surface area contributed by atoms with Gasteiger partial charge in [0, 0.05) is 58.5 Å². The van der Waals surface area contributed by atoms with E-state index in [1.807, 2.05) is 0 Å². The summed E-state index contributed by atoms with van der Waals surface area (Å²) in [6, 6.07) is 5.43. The minimum Gasteiger partial charge on any atom is -0.491 e. The number of hydrogen-bond donors (Lipinski definition) is 1. The lowest BCUT2D eigenvalue weighted by atomic mass is 9.88. The molecule has 1 N–H and O–H groups in total. The van der Waals surface area contributed by atoms with Gasteiger partial charge in [-0.25, -0.2) is 0 Å². The second kappa shape index (κ2) is 11.8. The van der Waals surface area contributed by atoms with E-state index < -0.39 is 0 Å².